The smallest absolute Gasteiger partial charge is 0.339 e. The van der Waals surface area contributed by atoms with Crippen molar-refractivity contribution >= 4 is 28.2 Å². The van der Waals surface area contributed by atoms with E-state index in [-0.39, 0.29) is 5.91 Å². The van der Waals surface area contributed by atoms with Crippen molar-refractivity contribution in [3.63, 3.8) is 0 Å². The fraction of sp³-hybridized carbons (Fsp3) is 0.571. The Morgan fingerprint density at radius 3 is 2.68 bits per heavy atom. The molecule has 1 aromatic rings. The van der Waals surface area contributed by atoms with Gasteiger partial charge in [0.05, 0.1) is 5.56 Å². The first-order valence-electron chi connectivity index (χ1n) is 6.83. The SMILES string of the molecule is O=C(CC1CCC1)Nc1sc2c(c1C(=O)O)CCC2. The van der Waals surface area contributed by atoms with Crippen LogP contribution in [0.15, 0.2) is 0 Å². The zero-order chi connectivity index (χ0) is 13.4. The third-order valence-corrected chi connectivity index (χ3v) is 5.29. The zero-order valence-corrected chi connectivity index (χ0v) is 11.5. The van der Waals surface area contributed by atoms with Crippen LogP contribution in [0.3, 0.4) is 0 Å². The van der Waals surface area contributed by atoms with E-state index in [1.807, 2.05) is 0 Å². The van der Waals surface area contributed by atoms with Gasteiger partial charge in [-0.3, -0.25) is 4.79 Å². The highest BCUT2D eigenvalue weighted by Gasteiger charge is 2.28. The van der Waals surface area contributed by atoms with Crippen LogP contribution >= 0.6 is 11.3 Å². The Bertz CT molecular complexity index is 531. The number of nitrogens with one attached hydrogen (secondary N) is 1. The molecule has 102 valence electrons. The van der Waals surface area contributed by atoms with E-state index < -0.39 is 5.97 Å². The Hall–Kier alpha value is -1.36. The summed E-state index contributed by atoms with van der Waals surface area (Å²) >= 11 is 1.45. The lowest BCUT2D eigenvalue weighted by molar-refractivity contribution is -0.117. The normalized spacial score (nSPS) is 17.9. The quantitative estimate of drug-likeness (QED) is 0.890. The van der Waals surface area contributed by atoms with Crippen molar-refractivity contribution in [3.8, 4) is 0 Å². The maximum absolute atomic E-state index is 11.9. The maximum Gasteiger partial charge on any atom is 0.339 e. The van der Waals surface area contributed by atoms with E-state index in [0.29, 0.717) is 22.9 Å². The Labute approximate surface area is 115 Å². The van der Waals surface area contributed by atoms with Gasteiger partial charge in [-0.05, 0) is 43.6 Å². The molecule has 0 unspecified atom stereocenters. The Kier molecular flexibility index (Phi) is 3.31. The third kappa shape index (κ3) is 2.39. The van der Waals surface area contributed by atoms with Crippen molar-refractivity contribution in [2.24, 2.45) is 5.92 Å². The molecule has 0 saturated heterocycles. The van der Waals surface area contributed by atoms with Crippen molar-refractivity contribution in [1.29, 1.82) is 0 Å². The van der Waals surface area contributed by atoms with Gasteiger partial charge in [-0.15, -0.1) is 11.3 Å². The van der Waals surface area contributed by atoms with E-state index in [0.717, 1.165) is 42.5 Å². The molecule has 19 heavy (non-hydrogen) atoms. The van der Waals surface area contributed by atoms with Crippen LogP contribution in [0.1, 0.15) is 52.9 Å². The summed E-state index contributed by atoms with van der Waals surface area (Å²) in [5, 5.41) is 12.7. The number of carbonyl (C=O) groups is 2. The molecule has 1 fully saturated rings. The van der Waals surface area contributed by atoms with E-state index >= 15 is 0 Å². The van der Waals surface area contributed by atoms with Gasteiger partial charge in [-0.1, -0.05) is 6.42 Å². The van der Waals surface area contributed by atoms with Crippen LogP contribution in [0.2, 0.25) is 0 Å². The molecule has 2 aliphatic rings. The molecule has 0 aromatic carbocycles. The summed E-state index contributed by atoms with van der Waals surface area (Å²) in [6, 6.07) is 0. The number of hydrogen-bond donors (Lipinski definition) is 2. The van der Waals surface area contributed by atoms with Crippen molar-refractivity contribution in [1.82, 2.24) is 0 Å². The molecule has 0 atom stereocenters. The number of anilines is 1. The van der Waals surface area contributed by atoms with Crippen LogP contribution in [-0.2, 0) is 17.6 Å². The van der Waals surface area contributed by atoms with Gasteiger partial charge in [-0.2, -0.15) is 0 Å². The number of fused-ring (bicyclic) bond motifs is 1. The van der Waals surface area contributed by atoms with Crippen molar-refractivity contribution in [2.75, 3.05) is 5.32 Å². The molecule has 4 nitrogen and oxygen atoms in total. The van der Waals surface area contributed by atoms with Crippen LogP contribution in [0, 0.1) is 5.92 Å². The molecular weight excluding hydrogens is 262 g/mol. The van der Waals surface area contributed by atoms with Crippen LogP contribution < -0.4 is 5.32 Å². The predicted molar refractivity (Wildman–Crippen MR) is 73.9 cm³/mol. The second-order valence-corrected chi connectivity index (χ2v) is 6.52. The van der Waals surface area contributed by atoms with E-state index in [4.69, 9.17) is 0 Å². The number of thiophene rings is 1. The number of carboxylic acids is 1. The minimum Gasteiger partial charge on any atom is -0.478 e. The molecular formula is C14H17NO3S. The number of rotatable bonds is 4. The zero-order valence-electron chi connectivity index (χ0n) is 10.7. The van der Waals surface area contributed by atoms with Crippen LogP contribution in [0.5, 0.6) is 0 Å². The first-order chi connectivity index (χ1) is 9.15. The van der Waals surface area contributed by atoms with Crippen molar-refractivity contribution < 1.29 is 14.7 Å². The number of hydrogen-bond acceptors (Lipinski definition) is 3. The van der Waals surface area contributed by atoms with E-state index in [1.165, 1.54) is 17.8 Å². The lowest BCUT2D eigenvalue weighted by Gasteiger charge is -2.24. The van der Waals surface area contributed by atoms with Gasteiger partial charge < -0.3 is 10.4 Å². The summed E-state index contributed by atoms with van der Waals surface area (Å²) in [5.41, 5.74) is 1.27. The number of amides is 1. The monoisotopic (exact) mass is 279 g/mol. The molecule has 5 heteroatoms. The molecule has 1 amide bonds. The van der Waals surface area contributed by atoms with Crippen LogP contribution in [0.4, 0.5) is 5.00 Å². The fourth-order valence-corrected chi connectivity index (χ4v) is 4.15. The molecule has 0 spiro atoms. The molecule has 2 aliphatic carbocycles. The van der Waals surface area contributed by atoms with Gasteiger partial charge in [0, 0.05) is 11.3 Å². The van der Waals surface area contributed by atoms with Crippen LogP contribution in [-0.4, -0.2) is 17.0 Å². The van der Waals surface area contributed by atoms with Gasteiger partial charge in [0.1, 0.15) is 5.00 Å². The lowest BCUT2D eigenvalue weighted by atomic mass is 9.83. The van der Waals surface area contributed by atoms with Gasteiger partial charge in [0.15, 0.2) is 0 Å². The molecule has 3 rings (SSSR count). The Morgan fingerprint density at radius 2 is 2.05 bits per heavy atom. The average molecular weight is 279 g/mol. The highest BCUT2D eigenvalue weighted by Crippen LogP contribution is 2.39. The molecule has 1 saturated carbocycles. The van der Waals surface area contributed by atoms with Gasteiger partial charge >= 0.3 is 5.97 Å². The summed E-state index contributed by atoms with van der Waals surface area (Å²) in [6.45, 7) is 0. The van der Waals surface area contributed by atoms with E-state index in [2.05, 4.69) is 5.32 Å². The van der Waals surface area contributed by atoms with Gasteiger partial charge in [0.25, 0.3) is 0 Å². The fourth-order valence-electron chi connectivity index (χ4n) is 2.86. The third-order valence-electron chi connectivity index (χ3n) is 4.09. The average Bonchev–Trinajstić information content (AvgIpc) is 2.82. The van der Waals surface area contributed by atoms with E-state index in [9.17, 15) is 14.7 Å². The predicted octanol–water partition coefficient (Wildman–Crippen LogP) is 3.06. The number of carbonyl (C=O) groups excluding carboxylic acids is 1. The van der Waals surface area contributed by atoms with Crippen molar-refractivity contribution in [2.45, 2.75) is 44.9 Å². The number of aryl methyl sites for hydroxylation is 1. The molecule has 1 heterocycles. The Morgan fingerprint density at radius 1 is 1.26 bits per heavy atom. The molecule has 0 radical (unpaired) electrons. The second kappa shape index (κ2) is 4.96. The summed E-state index contributed by atoms with van der Waals surface area (Å²) in [6.07, 6.45) is 6.79. The summed E-state index contributed by atoms with van der Waals surface area (Å²) in [4.78, 5) is 24.4. The van der Waals surface area contributed by atoms with Gasteiger partial charge in [-0.25, -0.2) is 4.79 Å². The summed E-state index contributed by atoms with van der Waals surface area (Å²) < 4.78 is 0. The highest BCUT2D eigenvalue weighted by molar-refractivity contribution is 7.17. The van der Waals surface area contributed by atoms with E-state index in [1.54, 1.807) is 0 Å². The lowest BCUT2D eigenvalue weighted by Crippen LogP contribution is -2.21. The van der Waals surface area contributed by atoms with Crippen molar-refractivity contribution in [3.05, 3.63) is 16.0 Å². The second-order valence-electron chi connectivity index (χ2n) is 5.42. The number of aromatic carboxylic acids is 1. The Balaban J connectivity index is 1.76. The molecule has 2 N–H and O–H groups in total. The maximum atomic E-state index is 11.9. The minimum absolute atomic E-state index is 0.0351. The molecule has 0 aliphatic heterocycles. The summed E-state index contributed by atoms with van der Waals surface area (Å²) in [5.74, 6) is -0.453. The highest BCUT2D eigenvalue weighted by atomic mass is 32.1. The molecule has 1 aromatic heterocycles. The standard InChI is InChI=1S/C14H17NO3S/c16-11(7-8-3-1-4-8)15-13-12(14(17)18)9-5-2-6-10(9)19-13/h8H,1-7H2,(H,15,16)(H,17,18). The topological polar surface area (TPSA) is 66.4 Å². The minimum atomic E-state index is -0.918. The summed E-state index contributed by atoms with van der Waals surface area (Å²) in [7, 11) is 0. The van der Waals surface area contributed by atoms with Crippen LogP contribution in [0.25, 0.3) is 0 Å². The molecule has 0 bridgehead atoms. The largest absolute Gasteiger partial charge is 0.478 e. The van der Waals surface area contributed by atoms with Gasteiger partial charge in [0.2, 0.25) is 5.91 Å². The first kappa shape index (κ1) is 12.7. The first-order valence-corrected chi connectivity index (χ1v) is 7.64. The number of carboxylic acid groups (broad SMARTS) is 1.